The van der Waals surface area contributed by atoms with E-state index >= 15 is 0 Å². The number of nitrogens with two attached hydrogens (primary N) is 1. The molecule has 14 heavy (non-hydrogen) atoms. The third kappa shape index (κ3) is 4.54. The Balaban J connectivity index is 4.13. The summed E-state index contributed by atoms with van der Waals surface area (Å²) in [5.74, 6) is -0.0211. The Morgan fingerprint density at radius 1 is 1.43 bits per heavy atom. The second-order valence-electron chi connectivity index (χ2n) is 2.76. The standard InChI is InChI=1S/C7H18N4O2S/c1-3-11(4-2)14(12,13)10-6-5-7(8)9/h10H,3-6H2,1-2H3,(H3,8,9). The zero-order valence-corrected chi connectivity index (χ0v) is 9.39. The summed E-state index contributed by atoms with van der Waals surface area (Å²) in [6, 6.07) is 0. The molecule has 0 aromatic carbocycles. The Labute approximate surface area is 85.2 Å². The predicted molar refractivity (Wildman–Crippen MR) is 56.4 cm³/mol. The van der Waals surface area contributed by atoms with Crippen molar-refractivity contribution < 1.29 is 8.42 Å². The number of nitrogens with zero attached hydrogens (tertiary/aromatic N) is 1. The van der Waals surface area contributed by atoms with Gasteiger partial charge in [0.1, 0.15) is 0 Å². The summed E-state index contributed by atoms with van der Waals surface area (Å²) >= 11 is 0. The minimum absolute atomic E-state index is 0.0211. The van der Waals surface area contributed by atoms with Crippen LogP contribution < -0.4 is 10.5 Å². The van der Waals surface area contributed by atoms with Crippen molar-refractivity contribution in [3.8, 4) is 0 Å². The van der Waals surface area contributed by atoms with Crippen molar-refractivity contribution in [1.29, 1.82) is 5.41 Å². The first-order valence-corrected chi connectivity index (χ1v) is 5.95. The molecular formula is C7H18N4O2S. The van der Waals surface area contributed by atoms with Gasteiger partial charge in [0.2, 0.25) is 0 Å². The van der Waals surface area contributed by atoms with Crippen LogP contribution in [0.15, 0.2) is 0 Å². The van der Waals surface area contributed by atoms with Gasteiger partial charge >= 0.3 is 0 Å². The largest absolute Gasteiger partial charge is 0.388 e. The van der Waals surface area contributed by atoms with Gasteiger partial charge in [-0.25, -0.2) is 4.72 Å². The van der Waals surface area contributed by atoms with Gasteiger partial charge in [-0.15, -0.1) is 0 Å². The molecule has 0 spiro atoms. The van der Waals surface area contributed by atoms with Gasteiger partial charge in [0.05, 0.1) is 5.84 Å². The fourth-order valence-corrected chi connectivity index (χ4v) is 2.19. The smallest absolute Gasteiger partial charge is 0.279 e. The number of hydrogen-bond acceptors (Lipinski definition) is 3. The SMILES string of the molecule is CCN(CC)S(=O)(=O)NCCC(=N)N. The van der Waals surface area contributed by atoms with E-state index in [4.69, 9.17) is 11.1 Å². The van der Waals surface area contributed by atoms with Crippen LogP contribution in [0, 0.1) is 5.41 Å². The van der Waals surface area contributed by atoms with Crippen LogP contribution in [0.4, 0.5) is 0 Å². The highest BCUT2D eigenvalue weighted by Gasteiger charge is 2.16. The summed E-state index contributed by atoms with van der Waals surface area (Å²) in [6.45, 7) is 4.59. The normalized spacial score (nSPS) is 11.9. The highest BCUT2D eigenvalue weighted by molar-refractivity contribution is 7.87. The molecule has 0 aliphatic rings. The molecule has 0 atom stereocenters. The molecule has 0 saturated carbocycles. The zero-order valence-electron chi connectivity index (χ0n) is 8.58. The van der Waals surface area contributed by atoms with Gasteiger partial charge in [-0.2, -0.15) is 12.7 Å². The maximum Gasteiger partial charge on any atom is 0.279 e. The van der Waals surface area contributed by atoms with E-state index in [2.05, 4.69) is 4.72 Å². The minimum Gasteiger partial charge on any atom is -0.388 e. The van der Waals surface area contributed by atoms with Crippen molar-refractivity contribution in [1.82, 2.24) is 9.03 Å². The molecule has 0 unspecified atom stereocenters. The minimum atomic E-state index is -3.39. The lowest BCUT2D eigenvalue weighted by Crippen LogP contribution is -2.41. The summed E-state index contributed by atoms with van der Waals surface area (Å²) in [5, 5.41) is 6.93. The van der Waals surface area contributed by atoms with Crippen molar-refractivity contribution in [3.05, 3.63) is 0 Å². The lowest BCUT2D eigenvalue weighted by atomic mass is 10.4. The number of hydrogen-bond donors (Lipinski definition) is 3. The molecule has 0 saturated heterocycles. The van der Waals surface area contributed by atoms with E-state index in [-0.39, 0.29) is 18.8 Å². The molecule has 0 amide bonds. The average molecular weight is 222 g/mol. The van der Waals surface area contributed by atoms with Crippen molar-refractivity contribution in [2.75, 3.05) is 19.6 Å². The third-order valence-corrected chi connectivity index (χ3v) is 3.49. The van der Waals surface area contributed by atoms with Gasteiger partial charge in [-0.1, -0.05) is 13.8 Å². The molecule has 84 valence electrons. The van der Waals surface area contributed by atoms with E-state index < -0.39 is 10.2 Å². The molecule has 0 radical (unpaired) electrons. The molecule has 0 fully saturated rings. The Morgan fingerprint density at radius 3 is 2.29 bits per heavy atom. The lowest BCUT2D eigenvalue weighted by Gasteiger charge is -2.18. The van der Waals surface area contributed by atoms with Crippen LogP contribution in [0.25, 0.3) is 0 Å². The highest BCUT2D eigenvalue weighted by atomic mass is 32.2. The molecule has 0 aromatic rings. The van der Waals surface area contributed by atoms with E-state index in [0.29, 0.717) is 13.1 Å². The molecule has 0 aromatic heterocycles. The Bertz CT molecular complexity index is 271. The predicted octanol–water partition coefficient (Wildman–Crippen LogP) is -0.511. The topological polar surface area (TPSA) is 99.3 Å². The quantitative estimate of drug-likeness (QED) is 0.399. The summed E-state index contributed by atoms with van der Waals surface area (Å²) < 4.78 is 26.6. The molecule has 0 heterocycles. The van der Waals surface area contributed by atoms with E-state index in [1.807, 2.05) is 0 Å². The molecule has 0 aliphatic carbocycles. The monoisotopic (exact) mass is 222 g/mol. The number of amidine groups is 1. The Kier molecular flexibility index (Phi) is 5.66. The molecule has 0 bridgehead atoms. The zero-order chi connectivity index (χ0) is 11.2. The van der Waals surface area contributed by atoms with Gasteiger partial charge in [-0.05, 0) is 0 Å². The maximum atomic E-state index is 11.5. The first-order valence-electron chi connectivity index (χ1n) is 4.51. The molecule has 6 nitrogen and oxygen atoms in total. The van der Waals surface area contributed by atoms with Crippen LogP contribution in [0.3, 0.4) is 0 Å². The van der Waals surface area contributed by atoms with E-state index in [0.717, 1.165) is 0 Å². The van der Waals surface area contributed by atoms with Crippen LogP contribution in [-0.4, -0.2) is 38.2 Å². The second-order valence-corrected chi connectivity index (χ2v) is 4.51. The molecular weight excluding hydrogens is 204 g/mol. The fraction of sp³-hybridized carbons (Fsp3) is 0.857. The Morgan fingerprint density at radius 2 is 1.93 bits per heavy atom. The summed E-state index contributed by atoms with van der Waals surface area (Å²) in [4.78, 5) is 0. The van der Waals surface area contributed by atoms with E-state index in [9.17, 15) is 8.42 Å². The Hall–Kier alpha value is -0.660. The first kappa shape index (κ1) is 13.3. The third-order valence-electron chi connectivity index (χ3n) is 1.72. The van der Waals surface area contributed by atoms with Crippen molar-refractivity contribution in [2.45, 2.75) is 20.3 Å². The lowest BCUT2D eigenvalue weighted by molar-refractivity contribution is 0.435. The van der Waals surface area contributed by atoms with Crippen LogP contribution in [0.1, 0.15) is 20.3 Å². The summed E-state index contributed by atoms with van der Waals surface area (Å²) in [5.41, 5.74) is 5.10. The van der Waals surface area contributed by atoms with Gasteiger partial charge in [0, 0.05) is 26.1 Å². The van der Waals surface area contributed by atoms with Crippen LogP contribution in [0.5, 0.6) is 0 Å². The number of nitrogens with one attached hydrogen (secondary N) is 2. The maximum absolute atomic E-state index is 11.5. The molecule has 0 aliphatic heterocycles. The van der Waals surface area contributed by atoms with Crippen LogP contribution in [0.2, 0.25) is 0 Å². The van der Waals surface area contributed by atoms with Gasteiger partial charge < -0.3 is 5.73 Å². The van der Waals surface area contributed by atoms with Gasteiger partial charge in [0.15, 0.2) is 0 Å². The molecule has 7 heteroatoms. The summed E-state index contributed by atoms with van der Waals surface area (Å²) in [6.07, 6.45) is 0.237. The second kappa shape index (κ2) is 5.94. The van der Waals surface area contributed by atoms with Crippen molar-refractivity contribution in [2.24, 2.45) is 5.73 Å². The first-order chi connectivity index (χ1) is 6.44. The molecule has 4 N–H and O–H groups in total. The molecule has 0 rings (SSSR count). The average Bonchev–Trinajstić information content (AvgIpc) is 2.04. The van der Waals surface area contributed by atoms with Crippen molar-refractivity contribution >= 4 is 16.0 Å². The van der Waals surface area contributed by atoms with Crippen LogP contribution >= 0.6 is 0 Å². The van der Waals surface area contributed by atoms with Crippen LogP contribution in [-0.2, 0) is 10.2 Å². The highest BCUT2D eigenvalue weighted by Crippen LogP contribution is 1.96. The summed E-state index contributed by atoms with van der Waals surface area (Å²) in [7, 11) is -3.39. The van der Waals surface area contributed by atoms with E-state index in [1.165, 1.54) is 4.31 Å². The fourth-order valence-electron chi connectivity index (χ4n) is 0.969. The van der Waals surface area contributed by atoms with Gasteiger partial charge in [0.25, 0.3) is 10.2 Å². The van der Waals surface area contributed by atoms with Crippen molar-refractivity contribution in [3.63, 3.8) is 0 Å². The van der Waals surface area contributed by atoms with E-state index in [1.54, 1.807) is 13.8 Å². The van der Waals surface area contributed by atoms with Gasteiger partial charge in [-0.3, -0.25) is 5.41 Å². The number of rotatable bonds is 7.